The lowest BCUT2D eigenvalue weighted by Gasteiger charge is -2.27. The number of aliphatic hydroxyl groups excluding tert-OH is 3. The molecule has 0 radical (unpaired) electrons. The standard InChI is InChI=1S/C15H16N4O8S/c1-5-19(13-9(22)8(21)7(2-20)27-13)11-10(28-5)12(18-14(16)17-11)24-3-6-4-25-15(23)26-6/h4,7-9,13,20-22H,1-3H2,(H2,16,17,18)/t7-,8-,9-,13-/m1/s1. The summed E-state index contributed by atoms with van der Waals surface area (Å²) in [6, 6.07) is 0. The van der Waals surface area contributed by atoms with Gasteiger partial charge in [-0.15, -0.1) is 0 Å². The van der Waals surface area contributed by atoms with Gasteiger partial charge in [-0.25, -0.2) is 4.79 Å². The summed E-state index contributed by atoms with van der Waals surface area (Å²) in [4.78, 5) is 21.1. The summed E-state index contributed by atoms with van der Waals surface area (Å²) in [7, 11) is 0. The predicted molar refractivity (Wildman–Crippen MR) is 93.3 cm³/mol. The Morgan fingerprint density at radius 2 is 2.14 bits per heavy atom. The fourth-order valence-corrected chi connectivity index (χ4v) is 3.85. The third kappa shape index (κ3) is 3.12. The molecule has 4 heterocycles. The van der Waals surface area contributed by atoms with Crippen molar-refractivity contribution in [3.05, 3.63) is 34.2 Å². The van der Waals surface area contributed by atoms with E-state index in [0.717, 1.165) is 18.0 Å². The van der Waals surface area contributed by atoms with Crippen LogP contribution in [0.25, 0.3) is 0 Å². The Balaban J connectivity index is 1.64. The van der Waals surface area contributed by atoms with E-state index in [1.54, 1.807) is 0 Å². The Bertz CT molecular complexity index is 962. The molecule has 0 bridgehead atoms. The Morgan fingerprint density at radius 3 is 2.79 bits per heavy atom. The maximum Gasteiger partial charge on any atom is 0.518 e. The Labute approximate surface area is 161 Å². The van der Waals surface area contributed by atoms with Gasteiger partial charge in [0, 0.05) is 0 Å². The van der Waals surface area contributed by atoms with Crippen molar-refractivity contribution >= 4 is 23.5 Å². The Hall–Kier alpha value is -2.58. The molecule has 2 aliphatic heterocycles. The van der Waals surface area contributed by atoms with Crippen LogP contribution < -0.4 is 21.2 Å². The van der Waals surface area contributed by atoms with Crippen molar-refractivity contribution in [2.24, 2.45) is 0 Å². The summed E-state index contributed by atoms with van der Waals surface area (Å²) in [6.07, 6.45) is -3.48. The minimum atomic E-state index is -1.32. The molecular formula is C15H16N4O8S. The van der Waals surface area contributed by atoms with Gasteiger partial charge in [-0.05, 0) is 0 Å². The van der Waals surface area contributed by atoms with Crippen LogP contribution in [0.15, 0.2) is 36.4 Å². The van der Waals surface area contributed by atoms with E-state index in [4.69, 9.17) is 19.6 Å². The normalized spacial score (nSPS) is 26.7. The van der Waals surface area contributed by atoms with E-state index in [2.05, 4.69) is 21.0 Å². The molecule has 2 aromatic rings. The predicted octanol–water partition coefficient (Wildman–Crippen LogP) is -0.994. The SMILES string of the molecule is C=C1Sc2c(OCc3coc(=O)o3)nc(N)nc2N1[C@@H]1O[C@H](CO)[C@@H](O)[C@H]1O. The Kier molecular flexibility index (Phi) is 4.76. The second-order valence-corrected chi connectivity index (χ2v) is 7.06. The molecule has 2 aliphatic rings. The number of rotatable bonds is 5. The number of nitrogens with two attached hydrogens (primary N) is 1. The van der Waals surface area contributed by atoms with E-state index in [-0.39, 0.29) is 30.0 Å². The maximum absolute atomic E-state index is 11.0. The molecule has 1 fully saturated rings. The van der Waals surface area contributed by atoms with Gasteiger partial charge in [-0.3, -0.25) is 4.90 Å². The summed E-state index contributed by atoms with van der Waals surface area (Å²) in [5, 5.41) is 30.1. The second-order valence-electron chi connectivity index (χ2n) is 5.98. The van der Waals surface area contributed by atoms with E-state index in [1.807, 2.05) is 0 Å². The molecule has 4 atom stereocenters. The van der Waals surface area contributed by atoms with Crippen LogP contribution in [-0.4, -0.2) is 56.4 Å². The first-order chi connectivity index (χ1) is 13.4. The molecule has 2 aromatic heterocycles. The lowest BCUT2D eigenvalue weighted by Crippen LogP contribution is -2.42. The van der Waals surface area contributed by atoms with Gasteiger partial charge in [0.2, 0.25) is 11.8 Å². The van der Waals surface area contributed by atoms with E-state index < -0.39 is 37.0 Å². The van der Waals surface area contributed by atoms with Gasteiger partial charge >= 0.3 is 5.82 Å². The summed E-state index contributed by atoms with van der Waals surface area (Å²) in [5.74, 6) is -0.454. The van der Waals surface area contributed by atoms with E-state index in [9.17, 15) is 20.1 Å². The van der Waals surface area contributed by atoms with Crippen molar-refractivity contribution in [3.63, 3.8) is 0 Å². The van der Waals surface area contributed by atoms with Crippen molar-refractivity contribution in [2.45, 2.75) is 36.0 Å². The smallest absolute Gasteiger partial charge is 0.468 e. The highest BCUT2D eigenvalue weighted by molar-refractivity contribution is 8.03. The molecule has 12 nitrogen and oxygen atoms in total. The molecule has 5 N–H and O–H groups in total. The van der Waals surface area contributed by atoms with Crippen LogP contribution in [0.4, 0.5) is 11.8 Å². The van der Waals surface area contributed by atoms with Gasteiger partial charge in [-0.1, -0.05) is 18.3 Å². The van der Waals surface area contributed by atoms with E-state index >= 15 is 0 Å². The third-order valence-corrected chi connectivity index (χ3v) is 5.17. The molecule has 0 spiro atoms. The first kappa shape index (κ1) is 18.8. The van der Waals surface area contributed by atoms with Crippen LogP contribution in [0.2, 0.25) is 0 Å². The summed E-state index contributed by atoms with van der Waals surface area (Å²) in [5.41, 5.74) is 5.77. The first-order valence-electron chi connectivity index (χ1n) is 8.05. The van der Waals surface area contributed by atoms with Gasteiger partial charge in [0.1, 0.15) is 29.5 Å². The number of nitrogen functional groups attached to an aromatic ring is 1. The molecule has 1 saturated heterocycles. The highest BCUT2D eigenvalue weighted by Crippen LogP contribution is 2.50. The first-order valence-corrected chi connectivity index (χ1v) is 8.87. The fourth-order valence-electron chi connectivity index (χ4n) is 2.90. The fraction of sp³-hybridized carbons (Fsp3) is 0.400. The molecule has 0 unspecified atom stereocenters. The zero-order chi connectivity index (χ0) is 20.0. The zero-order valence-corrected chi connectivity index (χ0v) is 15.0. The number of thioether (sulfide) groups is 1. The van der Waals surface area contributed by atoms with Crippen molar-refractivity contribution in [3.8, 4) is 5.88 Å². The maximum atomic E-state index is 11.0. The number of fused-ring (bicyclic) bond motifs is 1. The number of ether oxygens (including phenoxy) is 2. The number of aliphatic hydroxyl groups is 3. The van der Waals surface area contributed by atoms with E-state index in [1.165, 1.54) is 4.90 Å². The van der Waals surface area contributed by atoms with Gasteiger partial charge < -0.3 is 39.4 Å². The molecule has 150 valence electrons. The van der Waals surface area contributed by atoms with Crippen molar-refractivity contribution in [1.29, 1.82) is 0 Å². The lowest BCUT2D eigenvalue weighted by atomic mass is 10.1. The quantitative estimate of drug-likeness (QED) is 0.471. The van der Waals surface area contributed by atoms with Crippen molar-refractivity contribution in [1.82, 2.24) is 9.97 Å². The van der Waals surface area contributed by atoms with Crippen LogP contribution in [0.1, 0.15) is 5.76 Å². The average Bonchev–Trinajstić information content (AvgIpc) is 3.30. The monoisotopic (exact) mass is 412 g/mol. The van der Waals surface area contributed by atoms with Gasteiger partial charge in [0.05, 0.1) is 11.6 Å². The molecular weight excluding hydrogens is 396 g/mol. The molecule has 4 rings (SSSR count). The van der Waals surface area contributed by atoms with Crippen LogP contribution in [0.3, 0.4) is 0 Å². The number of nitrogens with zero attached hydrogens (tertiary/aromatic N) is 3. The number of aromatic nitrogens is 2. The number of hydrogen-bond acceptors (Lipinski definition) is 13. The second kappa shape index (κ2) is 7.10. The van der Waals surface area contributed by atoms with Gasteiger partial charge in [-0.2, -0.15) is 9.97 Å². The summed E-state index contributed by atoms with van der Waals surface area (Å²) < 4.78 is 20.4. The lowest BCUT2D eigenvalue weighted by molar-refractivity contribution is -0.0205. The molecule has 0 aliphatic carbocycles. The highest BCUT2D eigenvalue weighted by atomic mass is 32.2. The molecule has 13 heteroatoms. The van der Waals surface area contributed by atoms with Crippen molar-refractivity contribution < 1.29 is 33.6 Å². The van der Waals surface area contributed by atoms with Crippen LogP contribution >= 0.6 is 11.8 Å². The minimum absolute atomic E-state index is 0.103. The minimum Gasteiger partial charge on any atom is -0.468 e. The average molecular weight is 412 g/mol. The van der Waals surface area contributed by atoms with Gasteiger partial charge in [0.25, 0.3) is 0 Å². The topological polar surface area (TPSA) is 178 Å². The highest BCUT2D eigenvalue weighted by Gasteiger charge is 2.49. The zero-order valence-electron chi connectivity index (χ0n) is 14.2. The largest absolute Gasteiger partial charge is 0.518 e. The third-order valence-electron chi connectivity index (χ3n) is 4.17. The van der Waals surface area contributed by atoms with E-state index in [0.29, 0.717) is 9.92 Å². The number of hydrogen-bond donors (Lipinski definition) is 4. The van der Waals surface area contributed by atoms with Crippen molar-refractivity contribution in [2.75, 3.05) is 17.2 Å². The van der Waals surface area contributed by atoms with Crippen LogP contribution in [-0.2, 0) is 11.3 Å². The van der Waals surface area contributed by atoms with Gasteiger partial charge in [0.15, 0.2) is 24.4 Å². The summed E-state index contributed by atoms with van der Waals surface area (Å²) in [6.45, 7) is 3.30. The molecule has 0 aromatic carbocycles. The number of anilines is 2. The molecule has 0 amide bonds. The molecule has 0 saturated carbocycles. The van der Waals surface area contributed by atoms with Crippen LogP contribution in [0.5, 0.6) is 5.88 Å². The Morgan fingerprint density at radius 1 is 1.36 bits per heavy atom. The van der Waals surface area contributed by atoms with Crippen LogP contribution in [0, 0.1) is 0 Å². The summed E-state index contributed by atoms with van der Waals surface area (Å²) >= 11 is 1.15. The molecule has 28 heavy (non-hydrogen) atoms.